The molecule has 1 amide bonds. The molecule has 0 unspecified atom stereocenters. The maximum absolute atomic E-state index is 12.9. The summed E-state index contributed by atoms with van der Waals surface area (Å²) in [4.78, 5) is 14.6. The van der Waals surface area contributed by atoms with Gasteiger partial charge in [0.2, 0.25) is 5.91 Å². The van der Waals surface area contributed by atoms with Crippen LogP contribution in [0.3, 0.4) is 0 Å². The molecule has 0 spiro atoms. The second kappa shape index (κ2) is 6.24. The highest BCUT2D eigenvalue weighted by molar-refractivity contribution is 8.23. The van der Waals surface area contributed by atoms with Crippen LogP contribution in [-0.2, 0) is 9.53 Å². The maximum Gasteiger partial charge on any atom is 0.238 e. The first-order chi connectivity index (χ1) is 9.77. The van der Waals surface area contributed by atoms with E-state index in [1.54, 1.807) is 16.7 Å². The zero-order valence-corrected chi connectivity index (χ0v) is 12.8. The summed E-state index contributed by atoms with van der Waals surface area (Å²) < 4.78 is 6.49. The number of rotatable bonds is 3. The third kappa shape index (κ3) is 2.75. The highest BCUT2D eigenvalue weighted by Crippen LogP contribution is 2.32. The highest BCUT2D eigenvalue weighted by atomic mass is 32.2. The summed E-state index contributed by atoms with van der Waals surface area (Å²) in [6.45, 7) is 1.47. The van der Waals surface area contributed by atoms with Gasteiger partial charge in [-0.1, -0.05) is 54.3 Å². The molecular weight excluding hydrogens is 290 g/mol. The van der Waals surface area contributed by atoms with Crippen molar-refractivity contribution in [2.45, 2.75) is 24.9 Å². The summed E-state index contributed by atoms with van der Waals surface area (Å²) in [5, 5.41) is 0. The van der Waals surface area contributed by atoms with Gasteiger partial charge in [0.15, 0.2) is 0 Å². The molecule has 5 heteroatoms. The fourth-order valence-electron chi connectivity index (χ4n) is 2.80. The Bertz CT molecular complexity index is 500. The summed E-state index contributed by atoms with van der Waals surface area (Å²) in [5.74, 6) is 0.769. The number of benzene rings is 1. The predicted molar refractivity (Wildman–Crippen MR) is 84.9 cm³/mol. The predicted octanol–water partition coefficient (Wildman–Crippen LogP) is 2.81. The quantitative estimate of drug-likeness (QED) is 0.803. The van der Waals surface area contributed by atoms with Crippen molar-refractivity contribution in [2.75, 3.05) is 18.9 Å². The third-order valence-electron chi connectivity index (χ3n) is 3.79. The monoisotopic (exact) mass is 307 g/mol. The van der Waals surface area contributed by atoms with Crippen LogP contribution >= 0.6 is 24.0 Å². The molecule has 0 N–H and O–H groups in total. The van der Waals surface area contributed by atoms with Crippen molar-refractivity contribution in [2.24, 2.45) is 0 Å². The van der Waals surface area contributed by atoms with Crippen molar-refractivity contribution in [3.63, 3.8) is 0 Å². The zero-order chi connectivity index (χ0) is 13.9. The molecule has 0 saturated carbocycles. The third-order valence-corrected chi connectivity index (χ3v) is 5.22. The standard InChI is InChI=1S/C15H17NO2S2/c17-14(16-8-10-20-15(16)19)13(12-7-4-9-18-12)11-5-2-1-3-6-11/h1-3,5-6,12-13H,4,7-10H2/t12-,13+/m0/s1. The number of thiocarbonyl (C=S) groups is 1. The van der Waals surface area contributed by atoms with E-state index in [9.17, 15) is 4.79 Å². The Morgan fingerprint density at radius 1 is 1.40 bits per heavy atom. The molecule has 2 aliphatic heterocycles. The normalized spacial score (nSPS) is 24.1. The number of thioether (sulfide) groups is 1. The first-order valence-corrected chi connectivity index (χ1v) is 8.31. The number of nitrogens with zero attached hydrogens (tertiary/aromatic N) is 1. The lowest BCUT2D eigenvalue weighted by Gasteiger charge is -2.27. The van der Waals surface area contributed by atoms with Crippen LogP contribution in [0.25, 0.3) is 0 Å². The average molecular weight is 307 g/mol. The molecule has 2 atom stereocenters. The molecule has 1 aromatic carbocycles. The van der Waals surface area contributed by atoms with Crippen LogP contribution in [-0.4, -0.2) is 40.1 Å². The largest absolute Gasteiger partial charge is 0.377 e. The Morgan fingerprint density at radius 2 is 2.20 bits per heavy atom. The lowest BCUT2D eigenvalue weighted by Crippen LogP contribution is -2.39. The topological polar surface area (TPSA) is 29.5 Å². The highest BCUT2D eigenvalue weighted by Gasteiger charge is 2.38. The number of ether oxygens (including phenoxy) is 1. The van der Waals surface area contributed by atoms with Gasteiger partial charge in [0, 0.05) is 18.9 Å². The molecule has 0 bridgehead atoms. The van der Waals surface area contributed by atoms with Crippen LogP contribution in [0.1, 0.15) is 24.3 Å². The molecule has 2 fully saturated rings. The van der Waals surface area contributed by atoms with Crippen LogP contribution in [0.4, 0.5) is 0 Å². The summed E-state index contributed by atoms with van der Waals surface area (Å²) in [6, 6.07) is 9.94. The average Bonchev–Trinajstić information content (AvgIpc) is 3.12. The molecule has 2 heterocycles. The molecule has 2 saturated heterocycles. The number of hydrogen-bond acceptors (Lipinski definition) is 4. The number of hydrogen-bond donors (Lipinski definition) is 0. The van der Waals surface area contributed by atoms with Gasteiger partial charge in [-0.2, -0.15) is 0 Å². The molecule has 0 aliphatic carbocycles. The zero-order valence-electron chi connectivity index (χ0n) is 11.2. The van der Waals surface area contributed by atoms with E-state index in [0.29, 0.717) is 4.32 Å². The van der Waals surface area contributed by atoms with E-state index in [2.05, 4.69) is 0 Å². The number of carbonyl (C=O) groups is 1. The fourth-order valence-corrected chi connectivity index (χ4v) is 4.02. The van der Waals surface area contributed by atoms with Gasteiger partial charge in [-0.25, -0.2) is 0 Å². The van der Waals surface area contributed by atoms with Crippen LogP contribution in [0.5, 0.6) is 0 Å². The molecule has 2 aliphatic rings. The molecule has 3 rings (SSSR count). The van der Waals surface area contributed by atoms with Gasteiger partial charge >= 0.3 is 0 Å². The minimum absolute atomic E-state index is 0.0155. The van der Waals surface area contributed by atoms with E-state index >= 15 is 0 Å². The summed E-state index contributed by atoms with van der Waals surface area (Å²) in [6.07, 6.45) is 1.96. The molecule has 1 aromatic rings. The summed E-state index contributed by atoms with van der Waals surface area (Å²) in [5.41, 5.74) is 1.03. The van der Waals surface area contributed by atoms with E-state index in [1.165, 1.54) is 0 Å². The first-order valence-electron chi connectivity index (χ1n) is 6.92. The molecule has 0 radical (unpaired) electrons. The van der Waals surface area contributed by atoms with Crippen molar-refractivity contribution in [1.82, 2.24) is 4.90 Å². The van der Waals surface area contributed by atoms with E-state index < -0.39 is 0 Å². The van der Waals surface area contributed by atoms with E-state index in [-0.39, 0.29) is 17.9 Å². The van der Waals surface area contributed by atoms with Crippen LogP contribution in [0, 0.1) is 0 Å². The van der Waals surface area contributed by atoms with Gasteiger partial charge in [-0.15, -0.1) is 0 Å². The van der Waals surface area contributed by atoms with E-state index in [4.69, 9.17) is 17.0 Å². The smallest absolute Gasteiger partial charge is 0.238 e. The van der Waals surface area contributed by atoms with Crippen molar-refractivity contribution >= 4 is 34.2 Å². The minimum atomic E-state index is -0.227. The number of amides is 1. The second-order valence-electron chi connectivity index (χ2n) is 5.04. The van der Waals surface area contributed by atoms with Crippen LogP contribution in [0.2, 0.25) is 0 Å². The van der Waals surface area contributed by atoms with Gasteiger partial charge in [0.1, 0.15) is 4.32 Å². The van der Waals surface area contributed by atoms with Crippen molar-refractivity contribution in [3.05, 3.63) is 35.9 Å². The van der Waals surface area contributed by atoms with Crippen molar-refractivity contribution in [3.8, 4) is 0 Å². The lowest BCUT2D eigenvalue weighted by molar-refractivity contribution is -0.131. The molecule has 20 heavy (non-hydrogen) atoms. The van der Waals surface area contributed by atoms with Gasteiger partial charge in [-0.05, 0) is 18.4 Å². The first kappa shape index (κ1) is 14.0. The summed E-state index contributed by atoms with van der Waals surface area (Å²) >= 11 is 6.87. The Balaban J connectivity index is 1.88. The van der Waals surface area contributed by atoms with Crippen molar-refractivity contribution in [1.29, 1.82) is 0 Å². The molecule has 106 valence electrons. The van der Waals surface area contributed by atoms with Crippen LogP contribution in [0.15, 0.2) is 30.3 Å². The Labute approximate surface area is 128 Å². The lowest BCUT2D eigenvalue weighted by atomic mass is 9.90. The molecule has 3 nitrogen and oxygen atoms in total. The molecular formula is C15H17NO2S2. The maximum atomic E-state index is 12.9. The van der Waals surface area contributed by atoms with Gasteiger partial charge in [0.25, 0.3) is 0 Å². The van der Waals surface area contributed by atoms with Crippen LogP contribution < -0.4 is 0 Å². The van der Waals surface area contributed by atoms with Gasteiger partial charge in [-0.3, -0.25) is 9.69 Å². The Hall–Kier alpha value is -0.910. The SMILES string of the molecule is O=C([C@H](c1ccccc1)[C@@H]1CCCO1)N1CCSC1=S. The Kier molecular flexibility index (Phi) is 4.38. The van der Waals surface area contributed by atoms with E-state index in [1.807, 2.05) is 30.3 Å². The van der Waals surface area contributed by atoms with E-state index in [0.717, 1.165) is 37.3 Å². The second-order valence-corrected chi connectivity index (χ2v) is 6.77. The van der Waals surface area contributed by atoms with Gasteiger partial charge in [0.05, 0.1) is 12.0 Å². The van der Waals surface area contributed by atoms with Crippen molar-refractivity contribution < 1.29 is 9.53 Å². The van der Waals surface area contributed by atoms with Gasteiger partial charge < -0.3 is 4.74 Å². The fraction of sp³-hybridized carbons (Fsp3) is 0.467. The summed E-state index contributed by atoms with van der Waals surface area (Å²) in [7, 11) is 0. The minimum Gasteiger partial charge on any atom is -0.377 e. The Morgan fingerprint density at radius 3 is 2.80 bits per heavy atom. The molecule has 0 aromatic heterocycles. The number of carbonyl (C=O) groups excluding carboxylic acids is 1.